The van der Waals surface area contributed by atoms with E-state index >= 15 is 0 Å². The highest BCUT2D eigenvalue weighted by Crippen LogP contribution is 2.43. The molecule has 1 amide bonds. The van der Waals surface area contributed by atoms with Crippen LogP contribution in [-0.4, -0.2) is 37.7 Å². The molecule has 1 aromatic heterocycles. The van der Waals surface area contributed by atoms with Gasteiger partial charge in [0.15, 0.2) is 0 Å². The number of hydrogen-bond donors (Lipinski definition) is 2. The van der Waals surface area contributed by atoms with Crippen LogP contribution >= 0.6 is 11.3 Å². The Bertz CT molecular complexity index is 535. The molecule has 1 unspecified atom stereocenters. The van der Waals surface area contributed by atoms with Crippen LogP contribution in [0.25, 0.3) is 0 Å². The first-order valence-corrected chi connectivity index (χ1v) is 9.38. The maximum atomic E-state index is 12.0. The van der Waals surface area contributed by atoms with Crippen molar-refractivity contribution in [2.45, 2.75) is 50.1 Å². The van der Waals surface area contributed by atoms with E-state index in [1.807, 2.05) is 5.38 Å². The van der Waals surface area contributed by atoms with E-state index in [1.165, 1.54) is 24.1 Å². The summed E-state index contributed by atoms with van der Waals surface area (Å²) in [5.41, 5.74) is 0.849. The Hall–Kier alpha value is -0.910. The third kappa shape index (κ3) is 3.53. The molecule has 0 radical (unpaired) electrons. The zero-order valence-corrected chi connectivity index (χ0v) is 13.7. The van der Waals surface area contributed by atoms with Gasteiger partial charge in [-0.15, -0.1) is 11.3 Å². The molecule has 3 fully saturated rings. The van der Waals surface area contributed by atoms with E-state index in [1.54, 1.807) is 11.3 Å². The third-order valence-corrected chi connectivity index (χ3v) is 6.02. The van der Waals surface area contributed by atoms with E-state index in [0.717, 1.165) is 44.1 Å². The molecule has 1 aromatic rings. The van der Waals surface area contributed by atoms with E-state index in [0.29, 0.717) is 18.0 Å². The Morgan fingerprint density at radius 2 is 2.09 bits per heavy atom. The van der Waals surface area contributed by atoms with Gasteiger partial charge in [0.25, 0.3) is 5.91 Å². The average molecular weight is 320 g/mol. The fourth-order valence-corrected chi connectivity index (χ4v) is 4.23. The zero-order chi connectivity index (χ0) is 14.9. The Morgan fingerprint density at radius 3 is 2.86 bits per heavy atom. The molecule has 1 saturated heterocycles. The van der Waals surface area contributed by atoms with Crippen molar-refractivity contribution in [1.82, 2.24) is 10.6 Å². The number of ether oxygens (including phenoxy) is 1. The Morgan fingerprint density at radius 1 is 1.27 bits per heavy atom. The molecule has 0 aromatic carbocycles. The van der Waals surface area contributed by atoms with Crippen molar-refractivity contribution in [2.24, 2.45) is 5.92 Å². The van der Waals surface area contributed by atoms with Crippen LogP contribution in [0.3, 0.4) is 0 Å². The second-order valence-electron chi connectivity index (χ2n) is 6.90. The lowest BCUT2D eigenvalue weighted by molar-refractivity contribution is 0.0662. The second-order valence-corrected chi connectivity index (χ2v) is 7.84. The van der Waals surface area contributed by atoms with Gasteiger partial charge < -0.3 is 15.4 Å². The number of carbonyl (C=O) groups excluding carboxylic acids is 1. The summed E-state index contributed by atoms with van der Waals surface area (Å²) >= 11 is 1.74. The highest BCUT2D eigenvalue weighted by Gasteiger charge is 2.39. The Kier molecular flexibility index (Phi) is 4.20. The number of hydrogen-bond acceptors (Lipinski definition) is 4. The van der Waals surface area contributed by atoms with Gasteiger partial charge in [-0.05, 0) is 50.6 Å². The third-order valence-electron chi connectivity index (χ3n) is 4.96. The second kappa shape index (κ2) is 6.30. The van der Waals surface area contributed by atoms with Crippen molar-refractivity contribution >= 4 is 17.2 Å². The summed E-state index contributed by atoms with van der Waals surface area (Å²) in [4.78, 5) is 13.4. The molecule has 2 N–H and O–H groups in total. The molecule has 2 saturated carbocycles. The van der Waals surface area contributed by atoms with Gasteiger partial charge in [0.2, 0.25) is 0 Å². The molecule has 2 heterocycles. The Balaban J connectivity index is 1.25. The first-order chi connectivity index (χ1) is 10.8. The van der Waals surface area contributed by atoms with E-state index in [2.05, 4.69) is 16.7 Å². The summed E-state index contributed by atoms with van der Waals surface area (Å²) in [6, 6.07) is 3.15. The summed E-state index contributed by atoms with van der Waals surface area (Å²) in [5, 5.41) is 8.78. The van der Waals surface area contributed by atoms with Crippen LogP contribution in [-0.2, 0) is 4.74 Å². The molecular formula is C17H24N2O2S. The Labute approximate surface area is 135 Å². The van der Waals surface area contributed by atoms with Crippen molar-refractivity contribution in [3.8, 4) is 0 Å². The molecule has 1 aliphatic heterocycles. The summed E-state index contributed by atoms with van der Waals surface area (Å²) in [7, 11) is 0. The van der Waals surface area contributed by atoms with Gasteiger partial charge in [-0.2, -0.15) is 0 Å². The minimum Gasteiger partial charge on any atom is -0.381 e. The molecule has 4 nitrogen and oxygen atoms in total. The number of thiophene rings is 1. The van der Waals surface area contributed by atoms with Crippen LogP contribution in [0.2, 0.25) is 0 Å². The molecule has 2 atom stereocenters. The van der Waals surface area contributed by atoms with Gasteiger partial charge in [0, 0.05) is 41.5 Å². The fraction of sp³-hybridized carbons (Fsp3) is 0.706. The summed E-state index contributed by atoms with van der Waals surface area (Å²) in [6.07, 6.45) is 5.88. The summed E-state index contributed by atoms with van der Waals surface area (Å²) in [6.45, 7) is 2.96. The number of rotatable bonds is 6. The lowest BCUT2D eigenvalue weighted by atomic mass is 10.0. The van der Waals surface area contributed by atoms with Gasteiger partial charge in [0.05, 0.1) is 5.56 Å². The monoisotopic (exact) mass is 320 g/mol. The van der Waals surface area contributed by atoms with Crippen LogP contribution in [0.15, 0.2) is 11.4 Å². The maximum absolute atomic E-state index is 12.0. The van der Waals surface area contributed by atoms with Crippen LogP contribution in [0, 0.1) is 5.92 Å². The first-order valence-electron chi connectivity index (χ1n) is 8.50. The zero-order valence-electron chi connectivity index (χ0n) is 12.8. The summed E-state index contributed by atoms with van der Waals surface area (Å²) in [5.74, 6) is 1.50. The van der Waals surface area contributed by atoms with Crippen LogP contribution < -0.4 is 10.6 Å². The fourth-order valence-electron chi connectivity index (χ4n) is 3.17. The van der Waals surface area contributed by atoms with Gasteiger partial charge >= 0.3 is 0 Å². The SMILES string of the molecule is O=C(NC1CC1)c1csc([C@@H]2CC2NCC2CCOCC2)c1. The minimum atomic E-state index is 0.109. The van der Waals surface area contributed by atoms with Gasteiger partial charge in [-0.25, -0.2) is 0 Å². The molecule has 0 bridgehead atoms. The first kappa shape index (κ1) is 14.7. The number of nitrogens with one attached hydrogen (secondary N) is 2. The lowest BCUT2D eigenvalue weighted by Gasteiger charge is -2.22. The minimum absolute atomic E-state index is 0.109. The van der Waals surface area contributed by atoms with Crippen molar-refractivity contribution < 1.29 is 9.53 Å². The lowest BCUT2D eigenvalue weighted by Crippen LogP contribution is -2.29. The van der Waals surface area contributed by atoms with Crippen molar-refractivity contribution in [1.29, 1.82) is 0 Å². The van der Waals surface area contributed by atoms with Gasteiger partial charge in [-0.1, -0.05) is 0 Å². The van der Waals surface area contributed by atoms with Crippen molar-refractivity contribution in [3.05, 3.63) is 21.9 Å². The highest BCUT2D eigenvalue weighted by atomic mass is 32.1. The molecule has 0 spiro atoms. The number of carbonyl (C=O) groups is 1. The predicted molar refractivity (Wildman–Crippen MR) is 87.5 cm³/mol. The van der Waals surface area contributed by atoms with Gasteiger partial charge in [-0.3, -0.25) is 4.79 Å². The van der Waals surface area contributed by atoms with E-state index in [4.69, 9.17) is 4.74 Å². The van der Waals surface area contributed by atoms with E-state index in [9.17, 15) is 4.79 Å². The number of amides is 1. The van der Waals surface area contributed by atoms with Crippen LogP contribution in [0.4, 0.5) is 0 Å². The van der Waals surface area contributed by atoms with Crippen LogP contribution in [0.5, 0.6) is 0 Å². The molecule has 4 rings (SSSR count). The molecular weight excluding hydrogens is 296 g/mol. The largest absolute Gasteiger partial charge is 0.381 e. The molecule has 22 heavy (non-hydrogen) atoms. The molecule has 3 aliphatic rings. The smallest absolute Gasteiger partial charge is 0.252 e. The van der Waals surface area contributed by atoms with Crippen molar-refractivity contribution in [3.63, 3.8) is 0 Å². The van der Waals surface area contributed by atoms with Crippen LogP contribution in [0.1, 0.15) is 53.3 Å². The van der Waals surface area contributed by atoms with Gasteiger partial charge in [0.1, 0.15) is 0 Å². The van der Waals surface area contributed by atoms with E-state index < -0.39 is 0 Å². The highest BCUT2D eigenvalue weighted by molar-refractivity contribution is 7.10. The molecule has 2 aliphatic carbocycles. The average Bonchev–Trinajstić information content (AvgIpc) is 3.46. The predicted octanol–water partition coefficient (Wildman–Crippen LogP) is 2.51. The topological polar surface area (TPSA) is 50.4 Å². The van der Waals surface area contributed by atoms with E-state index in [-0.39, 0.29) is 5.91 Å². The molecule has 120 valence electrons. The maximum Gasteiger partial charge on any atom is 0.252 e. The molecule has 5 heteroatoms. The van der Waals surface area contributed by atoms with Crippen molar-refractivity contribution in [2.75, 3.05) is 19.8 Å². The summed E-state index contributed by atoms with van der Waals surface area (Å²) < 4.78 is 5.41. The quantitative estimate of drug-likeness (QED) is 0.847. The normalized spacial score (nSPS) is 28.5. The standard InChI is InChI=1S/C17H24N2O2S/c20-17(19-13-1-2-13)12-7-16(22-10-12)14-8-15(14)18-9-11-3-5-21-6-4-11/h7,10-11,13-15,18H,1-6,8-9H2,(H,19,20)/t14-,15?/m1/s1.